The van der Waals surface area contributed by atoms with Gasteiger partial charge < -0.3 is 9.90 Å². The van der Waals surface area contributed by atoms with Crippen LogP contribution in [0.1, 0.15) is 19.4 Å². The molecule has 0 N–H and O–H groups in total. The minimum absolute atomic E-state index is 0.0511. The average molecular weight is 232 g/mol. The second kappa shape index (κ2) is 4.88. The number of carbonyl (C=O) groups is 1. The third kappa shape index (κ3) is 2.50. The van der Waals surface area contributed by atoms with E-state index >= 15 is 0 Å². The molecule has 0 radical (unpaired) electrons. The number of likely N-dealkylation sites (tertiary alicyclic amines) is 1. The maximum Gasteiger partial charge on any atom is 0.0464 e. The molecule has 1 saturated heterocycles. The summed E-state index contributed by atoms with van der Waals surface area (Å²) >= 11 is 0. The molecule has 1 heterocycles. The Morgan fingerprint density at radius 2 is 2.00 bits per heavy atom. The lowest BCUT2D eigenvalue weighted by Crippen LogP contribution is -2.40. The van der Waals surface area contributed by atoms with Gasteiger partial charge in [0.15, 0.2) is 0 Å². The number of carbonyl (C=O) groups excluding carboxylic acids is 1. The molecule has 1 aliphatic heterocycles. The van der Waals surface area contributed by atoms with Crippen molar-refractivity contribution >= 4 is 5.97 Å². The first-order valence-electron chi connectivity index (χ1n) is 6.08. The molecular weight excluding hydrogens is 214 g/mol. The first-order valence-corrected chi connectivity index (χ1v) is 6.08. The van der Waals surface area contributed by atoms with Gasteiger partial charge in [0.1, 0.15) is 0 Å². The van der Waals surface area contributed by atoms with Crippen LogP contribution in [0.2, 0.25) is 0 Å². The van der Waals surface area contributed by atoms with Crippen molar-refractivity contribution in [3.8, 4) is 0 Å². The smallest absolute Gasteiger partial charge is 0.0464 e. The van der Waals surface area contributed by atoms with Gasteiger partial charge in [-0.3, -0.25) is 4.90 Å². The van der Waals surface area contributed by atoms with Crippen molar-refractivity contribution in [3.05, 3.63) is 35.9 Å². The lowest BCUT2D eigenvalue weighted by molar-refractivity contribution is -0.313. The lowest BCUT2D eigenvalue weighted by Gasteiger charge is -2.25. The van der Waals surface area contributed by atoms with Crippen LogP contribution in [-0.2, 0) is 11.3 Å². The van der Waals surface area contributed by atoms with Crippen molar-refractivity contribution in [2.24, 2.45) is 11.8 Å². The molecule has 3 unspecified atom stereocenters. The van der Waals surface area contributed by atoms with Gasteiger partial charge in [0.05, 0.1) is 0 Å². The van der Waals surface area contributed by atoms with Crippen molar-refractivity contribution < 1.29 is 9.90 Å². The third-order valence-electron chi connectivity index (χ3n) is 3.73. The minimum atomic E-state index is -0.916. The molecule has 92 valence electrons. The molecule has 0 amide bonds. The summed E-state index contributed by atoms with van der Waals surface area (Å²) in [5, 5.41) is 11.1. The largest absolute Gasteiger partial charge is 0.550 e. The number of aliphatic carboxylic acids is 1. The Bertz CT molecular complexity index is 390. The van der Waals surface area contributed by atoms with E-state index in [1.54, 1.807) is 0 Å². The molecule has 1 aromatic rings. The molecule has 0 aromatic heterocycles. The molecule has 2 rings (SSSR count). The number of hydrogen-bond donors (Lipinski definition) is 0. The monoisotopic (exact) mass is 232 g/mol. The highest BCUT2D eigenvalue weighted by molar-refractivity contribution is 5.69. The molecule has 3 atom stereocenters. The SMILES string of the molecule is CC1CN(Cc2ccccc2)C(C)C1C(=O)[O-]. The quantitative estimate of drug-likeness (QED) is 0.777. The Kier molecular flexibility index (Phi) is 3.48. The maximum atomic E-state index is 11.1. The first kappa shape index (κ1) is 12.1. The van der Waals surface area contributed by atoms with Crippen molar-refractivity contribution in [2.75, 3.05) is 6.54 Å². The second-order valence-corrected chi connectivity index (χ2v) is 4.98. The standard InChI is InChI=1S/C14H19NO2/c1-10-8-15(11(2)13(10)14(16)17)9-12-6-4-3-5-7-12/h3-7,10-11,13H,8-9H2,1-2H3,(H,16,17)/p-1. The normalized spacial score (nSPS) is 29.4. The molecule has 1 fully saturated rings. The molecule has 3 nitrogen and oxygen atoms in total. The highest BCUT2D eigenvalue weighted by Crippen LogP contribution is 2.30. The van der Waals surface area contributed by atoms with E-state index in [9.17, 15) is 9.90 Å². The predicted octanol–water partition coefficient (Wildman–Crippen LogP) is 0.893. The van der Waals surface area contributed by atoms with E-state index in [1.807, 2.05) is 32.0 Å². The van der Waals surface area contributed by atoms with Crippen LogP contribution in [0.15, 0.2) is 30.3 Å². The summed E-state index contributed by atoms with van der Waals surface area (Å²) in [5.74, 6) is -1.10. The number of carboxylic acids is 1. The van der Waals surface area contributed by atoms with Gasteiger partial charge in [-0.25, -0.2) is 0 Å². The van der Waals surface area contributed by atoms with Crippen LogP contribution in [0, 0.1) is 11.8 Å². The number of nitrogens with zero attached hydrogens (tertiary/aromatic N) is 1. The number of rotatable bonds is 3. The zero-order valence-corrected chi connectivity index (χ0v) is 10.3. The Morgan fingerprint density at radius 1 is 1.35 bits per heavy atom. The van der Waals surface area contributed by atoms with E-state index < -0.39 is 5.97 Å². The summed E-state index contributed by atoms with van der Waals surface area (Å²) in [7, 11) is 0. The summed E-state index contributed by atoms with van der Waals surface area (Å²) in [6, 6.07) is 10.2. The highest BCUT2D eigenvalue weighted by Gasteiger charge is 2.36. The lowest BCUT2D eigenvalue weighted by atomic mass is 9.93. The fourth-order valence-corrected chi connectivity index (χ4v) is 2.81. The molecule has 1 aliphatic rings. The molecule has 17 heavy (non-hydrogen) atoms. The van der Waals surface area contributed by atoms with Crippen LogP contribution in [0.4, 0.5) is 0 Å². The van der Waals surface area contributed by atoms with E-state index in [0.717, 1.165) is 13.1 Å². The van der Waals surface area contributed by atoms with Crippen LogP contribution in [0.5, 0.6) is 0 Å². The van der Waals surface area contributed by atoms with Gasteiger partial charge in [0.2, 0.25) is 0 Å². The van der Waals surface area contributed by atoms with Crippen LogP contribution in [0.3, 0.4) is 0 Å². The van der Waals surface area contributed by atoms with Crippen LogP contribution < -0.4 is 5.11 Å². The van der Waals surface area contributed by atoms with Crippen LogP contribution in [0.25, 0.3) is 0 Å². The third-order valence-corrected chi connectivity index (χ3v) is 3.73. The minimum Gasteiger partial charge on any atom is -0.550 e. The summed E-state index contributed by atoms with van der Waals surface area (Å²) in [4.78, 5) is 13.3. The Labute approximate surface area is 102 Å². The van der Waals surface area contributed by atoms with E-state index in [-0.39, 0.29) is 17.9 Å². The number of hydrogen-bond acceptors (Lipinski definition) is 3. The van der Waals surface area contributed by atoms with E-state index in [1.165, 1.54) is 5.56 Å². The molecule has 0 saturated carbocycles. The summed E-state index contributed by atoms with van der Waals surface area (Å²) < 4.78 is 0. The molecule has 1 aromatic carbocycles. The first-order chi connectivity index (χ1) is 8.09. The van der Waals surface area contributed by atoms with Gasteiger partial charge in [-0.2, -0.15) is 0 Å². The van der Waals surface area contributed by atoms with E-state index in [4.69, 9.17) is 0 Å². The van der Waals surface area contributed by atoms with Gasteiger partial charge >= 0.3 is 0 Å². The Hall–Kier alpha value is -1.35. The zero-order chi connectivity index (χ0) is 12.4. The van der Waals surface area contributed by atoms with Crippen molar-refractivity contribution in [1.29, 1.82) is 0 Å². The maximum absolute atomic E-state index is 11.1. The zero-order valence-electron chi connectivity index (χ0n) is 10.3. The average Bonchev–Trinajstić information content (AvgIpc) is 2.55. The summed E-state index contributed by atoms with van der Waals surface area (Å²) in [6.45, 7) is 5.61. The fraction of sp³-hybridized carbons (Fsp3) is 0.500. The van der Waals surface area contributed by atoms with Crippen LogP contribution in [-0.4, -0.2) is 23.5 Å². The van der Waals surface area contributed by atoms with Gasteiger partial charge in [0, 0.05) is 31.0 Å². The second-order valence-electron chi connectivity index (χ2n) is 4.98. The fourth-order valence-electron chi connectivity index (χ4n) is 2.81. The predicted molar refractivity (Wildman–Crippen MR) is 64.0 cm³/mol. The molecule has 3 heteroatoms. The van der Waals surface area contributed by atoms with Crippen molar-refractivity contribution in [2.45, 2.75) is 26.4 Å². The summed E-state index contributed by atoms with van der Waals surface area (Å²) in [6.07, 6.45) is 0. The van der Waals surface area contributed by atoms with Crippen LogP contribution >= 0.6 is 0 Å². The molecular formula is C14H18NO2-. The van der Waals surface area contributed by atoms with Gasteiger partial charge in [-0.15, -0.1) is 0 Å². The number of carboxylic acid groups (broad SMARTS) is 1. The van der Waals surface area contributed by atoms with Gasteiger partial charge in [-0.1, -0.05) is 37.3 Å². The topological polar surface area (TPSA) is 43.4 Å². The van der Waals surface area contributed by atoms with E-state index in [0.29, 0.717) is 0 Å². The van der Waals surface area contributed by atoms with Crippen molar-refractivity contribution in [3.63, 3.8) is 0 Å². The van der Waals surface area contributed by atoms with Gasteiger partial charge in [0.25, 0.3) is 0 Å². The molecule has 0 aliphatic carbocycles. The Morgan fingerprint density at radius 3 is 2.53 bits per heavy atom. The summed E-state index contributed by atoms with van der Waals surface area (Å²) in [5.41, 5.74) is 1.23. The van der Waals surface area contributed by atoms with Gasteiger partial charge in [-0.05, 0) is 18.4 Å². The Balaban J connectivity index is 2.07. The molecule has 0 bridgehead atoms. The van der Waals surface area contributed by atoms with Crippen molar-refractivity contribution in [1.82, 2.24) is 4.90 Å². The molecule has 0 spiro atoms. The number of benzene rings is 1. The highest BCUT2D eigenvalue weighted by atomic mass is 16.4. The van der Waals surface area contributed by atoms with E-state index in [2.05, 4.69) is 17.0 Å².